The molecule has 0 saturated carbocycles. The number of ether oxygens (including phenoxy) is 2. The van der Waals surface area contributed by atoms with Crippen LogP contribution in [0.2, 0.25) is 0 Å². The van der Waals surface area contributed by atoms with Crippen LogP contribution < -0.4 is 9.47 Å². The summed E-state index contributed by atoms with van der Waals surface area (Å²) >= 11 is 0. The molecule has 3 aromatic rings. The maximum Gasteiger partial charge on any atom is 0.264 e. The summed E-state index contributed by atoms with van der Waals surface area (Å²) in [6.45, 7) is 2.15. The molecule has 0 bridgehead atoms. The van der Waals surface area contributed by atoms with Crippen molar-refractivity contribution in [2.45, 2.75) is 13.5 Å². The first kappa shape index (κ1) is 15.8. The minimum atomic E-state index is 0.180. The summed E-state index contributed by atoms with van der Waals surface area (Å²) in [4.78, 5) is 4.34. The Bertz CT molecular complexity index is 826. The number of benzene rings is 2. The van der Waals surface area contributed by atoms with E-state index in [1.807, 2.05) is 67.6 Å². The Labute approximate surface area is 140 Å². The first-order valence-corrected chi connectivity index (χ1v) is 7.61. The highest BCUT2D eigenvalue weighted by Gasteiger charge is 2.11. The van der Waals surface area contributed by atoms with Gasteiger partial charge in [-0.05, 0) is 24.6 Å². The molecule has 0 aliphatic carbocycles. The van der Waals surface area contributed by atoms with Gasteiger partial charge in [0.2, 0.25) is 5.82 Å². The van der Waals surface area contributed by atoms with Gasteiger partial charge in [0.25, 0.3) is 5.89 Å². The average Bonchev–Trinajstić information content (AvgIpc) is 3.10. The van der Waals surface area contributed by atoms with Crippen molar-refractivity contribution in [2.75, 3.05) is 7.11 Å². The number of hydrogen-bond acceptors (Lipinski definition) is 5. The fourth-order valence-electron chi connectivity index (χ4n) is 2.26. The summed E-state index contributed by atoms with van der Waals surface area (Å²) in [6, 6.07) is 15.4. The van der Waals surface area contributed by atoms with E-state index in [0.29, 0.717) is 23.2 Å². The van der Waals surface area contributed by atoms with Crippen LogP contribution in [0.25, 0.3) is 17.5 Å². The van der Waals surface area contributed by atoms with Crippen LogP contribution in [0.1, 0.15) is 18.4 Å². The summed E-state index contributed by atoms with van der Waals surface area (Å²) in [6.07, 6.45) is 3.97. The minimum absolute atomic E-state index is 0.180. The Morgan fingerprint density at radius 2 is 1.92 bits per heavy atom. The molecular formula is C19H18N2O3. The lowest BCUT2D eigenvalue weighted by molar-refractivity contribution is 0.233. The van der Waals surface area contributed by atoms with Gasteiger partial charge in [-0.1, -0.05) is 53.7 Å². The van der Waals surface area contributed by atoms with E-state index in [1.54, 1.807) is 7.11 Å². The second kappa shape index (κ2) is 7.46. The van der Waals surface area contributed by atoms with Crippen molar-refractivity contribution >= 4 is 6.08 Å². The predicted octanol–water partition coefficient (Wildman–Crippen LogP) is 4.36. The monoisotopic (exact) mass is 322 g/mol. The van der Waals surface area contributed by atoms with E-state index < -0.39 is 0 Å². The van der Waals surface area contributed by atoms with E-state index in [-0.39, 0.29) is 6.61 Å². The summed E-state index contributed by atoms with van der Waals surface area (Å²) in [5.41, 5.74) is 1.95. The van der Waals surface area contributed by atoms with Crippen molar-refractivity contribution in [3.63, 3.8) is 0 Å². The zero-order valence-electron chi connectivity index (χ0n) is 13.6. The fourth-order valence-corrected chi connectivity index (χ4v) is 2.26. The lowest BCUT2D eigenvalue weighted by Crippen LogP contribution is -1.98. The van der Waals surface area contributed by atoms with Crippen LogP contribution in [-0.4, -0.2) is 17.3 Å². The number of rotatable bonds is 6. The molecule has 24 heavy (non-hydrogen) atoms. The molecule has 1 aromatic heterocycles. The van der Waals surface area contributed by atoms with E-state index in [4.69, 9.17) is 14.0 Å². The third-order valence-corrected chi connectivity index (χ3v) is 3.40. The Balaban J connectivity index is 1.71. The van der Waals surface area contributed by atoms with Gasteiger partial charge in [0.15, 0.2) is 18.1 Å². The molecule has 0 aliphatic rings. The second-order valence-corrected chi connectivity index (χ2v) is 5.08. The molecule has 0 unspecified atom stereocenters. The van der Waals surface area contributed by atoms with Crippen molar-refractivity contribution < 1.29 is 14.0 Å². The maximum absolute atomic E-state index is 5.75. The molecule has 0 aliphatic heterocycles. The molecule has 0 amide bonds. The van der Waals surface area contributed by atoms with Gasteiger partial charge in [-0.25, -0.2) is 0 Å². The number of aromatic nitrogens is 2. The van der Waals surface area contributed by atoms with Gasteiger partial charge in [-0.3, -0.25) is 0 Å². The van der Waals surface area contributed by atoms with Crippen molar-refractivity contribution in [3.8, 4) is 22.9 Å². The molecule has 0 radical (unpaired) electrons. The molecule has 0 atom stereocenters. The van der Waals surface area contributed by atoms with Gasteiger partial charge < -0.3 is 14.0 Å². The smallest absolute Gasteiger partial charge is 0.264 e. The molecule has 5 heteroatoms. The maximum atomic E-state index is 5.75. The number of methoxy groups -OCH3 is 1. The van der Waals surface area contributed by atoms with Crippen molar-refractivity contribution in [2.24, 2.45) is 0 Å². The van der Waals surface area contributed by atoms with Gasteiger partial charge in [-0.2, -0.15) is 4.98 Å². The molecule has 1 heterocycles. The quantitative estimate of drug-likeness (QED) is 0.675. The highest BCUT2D eigenvalue weighted by Crippen LogP contribution is 2.29. The standard InChI is InChI=1S/C19H18N2O3/c1-3-7-14-10-11-16(17(12-14)22-2)23-13-18-20-19(21-24-18)15-8-5-4-6-9-15/h3-12H,13H2,1-2H3/b7-3+. The Kier molecular flexibility index (Phi) is 4.91. The lowest BCUT2D eigenvalue weighted by Gasteiger charge is -2.09. The van der Waals surface area contributed by atoms with Crippen LogP contribution in [0.15, 0.2) is 59.1 Å². The molecule has 0 saturated heterocycles. The second-order valence-electron chi connectivity index (χ2n) is 5.08. The first-order valence-electron chi connectivity index (χ1n) is 7.61. The largest absolute Gasteiger partial charge is 0.493 e. The van der Waals surface area contributed by atoms with Crippen LogP contribution in [0, 0.1) is 0 Å². The van der Waals surface area contributed by atoms with Crippen LogP contribution >= 0.6 is 0 Å². The summed E-state index contributed by atoms with van der Waals surface area (Å²) in [5, 5.41) is 3.97. The molecule has 0 spiro atoms. The van der Waals surface area contributed by atoms with Gasteiger partial charge in [0, 0.05) is 5.56 Å². The summed E-state index contributed by atoms with van der Waals surface area (Å²) in [5.74, 6) is 2.25. The molecule has 0 N–H and O–H groups in total. The third-order valence-electron chi connectivity index (χ3n) is 3.40. The van der Waals surface area contributed by atoms with Gasteiger partial charge >= 0.3 is 0 Å². The lowest BCUT2D eigenvalue weighted by atomic mass is 10.2. The molecule has 0 fully saturated rings. The van der Waals surface area contributed by atoms with Crippen LogP contribution in [0.5, 0.6) is 11.5 Å². The van der Waals surface area contributed by atoms with E-state index >= 15 is 0 Å². The average molecular weight is 322 g/mol. The van der Waals surface area contributed by atoms with Crippen LogP contribution in [0.3, 0.4) is 0 Å². The van der Waals surface area contributed by atoms with E-state index in [0.717, 1.165) is 11.1 Å². The Hall–Kier alpha value is -3.08. The molecule has 122 valence electrons. The zero-order chi connectivity index (χ0) is 16.8. The third kappa shape index (κ3) is 3.63. The van der Waals surface area contributed by atoms with E-state index in [9.17, 15) is 0 Å². The SMILES string of the molecule is C/C=C/c1ccc(OCc2nc(-c3ccccc3)no2)c(OC)c1. The van der Waals surface area contributed by atoms with Crippen molar-refractivity contribution in [3.05, 3.63) is 66.1 Å². The zero-order valence-corrected chi connectivity index (χ0v) is 13.6. The van der Waals surface area contributed by atoms with E-state index in [1.165, 1.54) is 0 Å². The molecule has 2 aromatic carbocycles. The summed E-state index contributed by atoms with van der Waals surface area (Å²) in [7, 11) is 1.61. The number of hydrogen-bond donors (Lipinski definition) is 0. The Morgan fingerprint density at radius 3 is 2.67 bits per heavy atom. The topological polar surface area (TPSA) is 57.4 Å². The number of nitrogens with zero attached hydrogens (tertiary/aromatic N) is 2. The predicted molar refractivity (Wildman–Crippen MR) is 91.8 cm³/mol. The fraction of sp³-hybridized carbons (Fsp3) is 0.158. The number of allylic oxidation sites excluding steroid dienone is 1. The molecular weight excluding hydrogens is 304 g/mol. The first-order chi connectivity index (χ1) is 11.8. The van der Waals surface area contributed by atoms with Crippen molar-refractivity contribution in [1.29, 1.82) is 0 Å². The highest BCUT2D eigenvalue weighted by atomic mass is 16.5. The minimum Gasteiger partial charge on any atom is -0.493 e. The van der Waals surface area contributed by atoms with Crippen LogP contribution in [0.4, 0.5) is 0 Å². The van der Waals surface area contributed by atoms with E-state index in [2.05, 4.69) is 10.1 Å². The Morgan fingerprint density at radius 1 is 1.08 bits per heavy atom. The van der Waals surface area contributed by atoms with Gasteiger partial charge in [-0.15, -0.1) is 0 Å². The molecule has 3 rings (SSSR count). The van der Waals surface area contributed by atoms with Gasteiger partial charge in [0.1, 0.15) is 0 Å². The van der Waals surface area contributed by atoms with Gasteiger partial charge in [0.05, 0.1) is 7.11 Å². The summed E-state index contributed by atoms with van der Waals surface area (Å²) < 4.78 is 16.4. The van der Waals surface area contributed by atoms with Crippen LogP contribution in [-0.2, 0) is 6.61 Å². The molecule has 5 nitrogen and oxygen atoms in total. The normalized spacial score (nSPS) is 10.9. The van der Waals surface area contributed by atoms with Crippen molar-refractivity contribution in [1.82, 2.24) is 10.1 Å². The highest BCUT2D eigenvalue weighted by molar-refractivity contribution is 5.56.